The minimum atomic E-state index is 0.285. The Labute approximate surface area is 110 Å². The van der Waals surface area contributed by atoms with Gasteiger partial charge in [-0.1, -0.05) is 12.1 Å². The molecule has 0 unspecified atom stereocenters. The van der Waals surface area contributed by atoms with Crippen LogP contribution in [0.15, 0.2) is 24.3 Å². The minimum absolute atomic E-state index is 0.285. The third-order valence-electron chi connectivity index (χ3n) is 3.09. The molecule has 0 amide bonds. The van der Waals surface area contributed by atoms with Crippen LogP contribution >= 0.6 is 22.6 Å². The van der Waals surface area contributed by atoms with Crippen molar-refractivity contribution in [1.82, 2.24) is 4.90 Å². The number of hydrogen-bond acceptors (Lipinski definition) is 2. The van der Waals surface area contributed by atoms with E-state index in [9.17, 15) is 0 Å². The van der Waals surface area contributed by atoms with Crippen molar-refractivity contribution in [3.05, 3.63) is 33.4 Å². The zero-order valence-corrected chi connectivity index (χ0v) is 11.4. The Kier molecular flexibility index (Phi) is 4.19. The number of nitriles is 1. The molecule has 1 aromatic carbocycles. The molecule has 0 radical (unpaired) electrons. The van der Waals surface area contributed by atoms with E-state index in [4.69, 9.17) is 5.26 Å². The maximum atomic E-state index is 8.83. The lowest BCUT2D eigenvalue weighted by atomic mass is 9.98. The van der Waals surface area contributed by atoms with Crippen LogP contribution in [0.4, 0.5) is 0 Å². The Morgan fingerprint density at radius 2 is 1.88 bits per heavy atom. The van der Waals surface area contributed by atoms with Crippen molar-refractivity contribution in [3.63, 3.8) is 0 Å². The van der Waals surface area contributed by atoms with Crippen LogP contribution < -0.4 is 0 Å². The number of benzene rings is 1. The van der Waals surface area contributed by atoms with E-state index in [1.54, 1.807) is 0 Å². The van der Waals surface area contributed by atoms with E-state index < -0.39 is 0 Å². The van der Waals surface area contributed by atoms with Gasteiger partial charge < -0.3 is 0 Å². The van der Waals surface area contributed by atoms with E-state index in [-0.39, 0.29) is 5.92 Å². The largest absolute Gasteiger partial charge is 0.299 e. The Bertz CT molecular complexity index is 372. The number of hydrogen-bond donors (Lipinski definition) is 0. The second kappa shape index (κ2) is 5.65. The minimum Gasteiger partial charge on any atom is -0.299 e. The first-order valence-corrected chi connectivity index (χ1v) is 6.72. The molecule has 0 saturated carbocycles. The average molecular weight is 326 g/mol. The van der Waals surface area contributed by atoms with Gasteiger partial charge in [-0.3, -0.25) is 4.90 Å². The van der Waals surface area contributed by atoms with Crippen molar-refractivity contribution < 1.29 is 0 Å². The summed E-state index contributed by atoms with van der Waals surface area (Å²) in [5, 5.41) is 8.83. The Balaban J connectivity index is 1.87. The van der Waals surface area contributed by atoms with E-state index in [0.717, 1.165) is 32.5 Å². The lowest BCUT2D eigenvalue weighted by molar-refractivity contribution is 0.198. The van der Waals surface area contributed by atoms with E-state index in [1.807, 2.05) is 0 Å². The maximum Gasteiger partial charge on any atom is 0.0656 e. The van der Waals surface area contributed by atoms with Crippen molar-refractivity contribution in [3.8, 4) is 6.07 Å². The molecule has 1 saturated heterocycles. The Hall–Kier alpha value is -0.600. The summed E-state index contributed by atoms with van der Waals surface area (Å²) in [7, 11) is 0. The van der Waals surface area contributed by atoms with Crippen molar-refractivity contribution in [2.24, 2.45) is 5.92 Å². The fraction of sp³-hybridized carbons (Fsp3) is 0.462. The molecule has 0 bridgehead atoms. The van der Waals surface area contributed by atoms with E-state index in [0.29, 0.717) is 0 Å². The third-order valence-corrected chi connectivity index (χ3v) is 3.81. The van der Waals surface area contributed by atoms with Crippen molar-refractivity contribution in [2.75, 3.05) is 13.1 Å². The molecule has 0 spiro atoms. The van der Waals surface area contributed by atoms with Gasteiger partial charge in [-0.25, -0.2) is 0 Å². The molecular formula is C13H15IN2. The summed E-state index contributed by atoms with van der Waals surface area (Å²) < 4.78 is 1.28. The quantitative estimate of drug-likeness (QED) is 0.781. The zero-order chi connectivity index (χ0) is 11.4. The summed E-state index contributed by atoms with van der Waals surface area (Å²) in [6.45, 7) is 3.14. The van der Waals surface area contributed by atoms with Gasteiger partial charge in [0.25, 0.3) is 0 Å². The van der Waals surface area contributed by atoms with E-state index >= 15 is 0 Å². The van der Waals surface area contributed by atoms with Gasteiger partial charge in [0.05, 0.1) is 6.07 Å². The van der Waals surface area contributed by atoms with Crippen LogP contribution in [0.5, 0.6) is 0 Å². The SMILES string of the molecule is N#CC1CCN(Cc2ccc(I)cc2)CC1. The van der Waals surface area contributed by atoms with Gasteiger partial charge in [0.1, 0.15) is 0 Å². The average Bonchev–Trinajstić information content (AvgIpc) is 2.33. The molecule has 2 nitrogen and oxygen atoms in total. The number of nitrogens with zero attached hydrogens (tertiary/aromatic N) is 2. The molecule has 0 aromatic heterocycles. The van der Waals surface area contributed by atoms with Crippen molar-refractivity contribution in [1.29, 1.82) is 5.26 Å². The molecule has 84 valence electrons. The van der Waals surface area contributed by atoms with Gasteiger partial charge in [-0.15, -0.1) is 0 Å². The molecular weight excluding hydrogens is 311 g/mol. The predicted molar refractivity (Wildman–Crippen MR) is 72.8 cm³/mol. The highest BCUT2D eigenvalue weighted by molar-refractivity contribution is 14.1. The van der Waals surface area contributed by atoms with Gasteiger partial charge in [-0.05, 0) is 66.2 Å². The maximum absolute atomic E-state index is 8.83. The first-order valence-electron chi connectivity index (χ1n) is 5.64. The molecule has 3 heteroatoms. The van der Waals surface area contributed by atoms with Gasteiger partial charge in [0.15, 0.2) is 0 Å². The smallest absolute Gasteiger partial charge is 0.0656 e. The monoisotopic (exact) mass is 326 g/mol. The molecule has 2 rings (SSSR count). The van der Waals surface area contributed by atoms with Crippen LogP contribution in [0, 0.1) is 20.8 Å². The van der Waals surface area contributed by atoms with Crippen LogP contribution in [0.3, 0.4) is 0 Å². The molecule has 16 heavy (non-hydrogen) atoms. The highest BCUT2D eigenvalue weighted by Gasteiger charge is 2.18. The third kappa shape index (κ3) is 3.19. The fourth-order valence-electron chi connectivity index (χ4n) is 2.07. The van der Waals surface area contributed by atoms with Gasteiger partial charge in [0.2, 0.25) is 0 Å². The molecule has 0 N–H and O–H groups in total. The molecule has 0 aliphatic carbocycles. The summed E-state index contributed by atoms with van der Waals surface area (Å²) in [5.41, 5.74) is 1.37. The standard InChI is InChI=1S/C13H15IN2/c14-13-3-1-12(2-4-13)10-16-7-5-11(9-15)6-8-16/h1-4,11H,5-8,10H2. The van der Waals surface area contributed by atoms with Crippen LogP contribution in [0.25, 0.3) is 0 Å². The fourth-order valence-corrected chi connectivity index (χ4v) is 2.43. The van der Waals surface area contributed by atoms with E-state index in [2.05, 4.69) is 57.8 Å². The van der Waals surface area contributed by atoms with Gasteiger partial charge >= 0.3 is 0 Å². The van der Waals surface area contributed by atoms with Crippen molar-refractivity contribution in [2.45, 2.75) is 19.4 Å². The molecule has 1 aliphatic rings. The van der Waals surface area contributed by atoms with Gasteiger partial charge in [-0.2, -0.15) is 5.26 Å². The summed E-state index contributed by atoms with van der Waals surface area (Å²) in [5.74, 6) is 0.285. The Morgan fingerprint density at radius 3 is 2.44 bits per heavy atom. The van der Waals surface area contributed by atoms with Crippen LogP contribution in [-0.2, 0) is 6.54 Å². The van der Waals surface area contributed by atoms with E-state index in [1.165, 1.54) is 9.13 Å². The second-order valence-corrected chi connectivity index (χ2v) is 5.55. The molecule has 1 aromatic rings. The number of rotatable bonds is 2. The lowest BCUT2D eigenvalue weighted by Gasteiger charge is -2.28. The highest BCUT2D eigenvalue weighted by Crippen LogP contribution is 2.18. The number of halogens is 1. The first kappa shape index (κ1) is 11.9. The molecule has 1 heterocycles. The summed E-state index contributed by atoms with van der Waals surface area (Å²) in [6, 6.07) is 11.1. The van der Waals surface area contributed by atoms with Crippen LogP contribution in [0.1, 0.15) is 18.4 Å². The predicted octanol–water partition coefficient (Wildman–Crippen LogP) is 3.03. The second-order valence-electron chi connectivity index (χ2n) is 4.31. The Morgan fingerprint density at radius 1 is 1.25 bits per heavy atom. The zero-order valence-electron chi connectivity index (χ0n) is 9.19. The first-order chi connectivity index (χ1) is 7.78. The van der Waals surface area contributed by atoms with Crippen LogP contribution in [0.2, 0.25) is 0 Å². The summed E-state index contributed by atoms with van der Waals surface area (Å²) in [4.78, 5) is 2.44. The van der Waals surface area contributed by atoms with Crippen molar-refractivity contribution >= 4 is 22.6 Å². The topological polar surface area (TPSA) is 27.0 Å². The number of likely N-dealkylation sites (tertiary alicyclic amines) is 1. The lowest BCUT2D eigenvalue weighted by Crippen LogP contribution is -2.32. The van der Waals surface area contributed by atoms with Crippen LogP contribution in [-0.4, -0.2) is 18.0 Å². The number of piperidine rings is 1. The molecule has 1 aliphatic heterocycles. The molecule has 1 fully saturated rings. The summed E-state index contributed by atoms with van der Waals surface area (Å²) >= 11 is 2.33. The molecule has 0 atom stereocenters. The highest BCUT2D eigenvalue weighted by atomic mass is 127. The normalized spacial score (nSPS) is 18.2. The summed E-state index contributed by atoms with van der Waals surface area (Å²) in [6.07, 6.45) is 2.06. The van der Waals surface area contributed by atoms with Gasteiger partial charge in [0, 0.05) is 16.0 Å².